The predicted octanol–water partition coefficient (Wildman–Crippen LogP) is 2.80. The Morgan fingerprint density at radius 1 is 1.44 bits per heavy atom. The lowest BCUT2D eigenvalue weighted by Gasteiger charge is -2.05. The maximum absolute atomic E-state index is 5.61. The molecule has 3 N–H and O–H groups in total. The van der Waals surface area contributed by atoms with Crippen molar-refractivity contribution in [2.45, 2.75) is 13.5 Å². The van der Waals surface area contributed by atoms with Crippen LogP contribution < -0.4 is 11.1 Å². The standard InChI is InChI=1S/C10H11BrN4S/c1-6-3-13-9(16-6)5-15-10-8(11)2-7(12)4-14-10/h2-4H,5,12H2,1H3,(H,14,15). The largest absolute Gasteiger partial charge is 0.397 e. The molecule has 16 heavy (non-hydrogen) atoms. The molecule has 0 amide bonds. The molecule has 0 saturated carbocycles. The third kappa shape index (κ3) is 2.70. The minimum Gasteiger partial charge on any atom is -0.397 e. The fraction of sp³-hybridized carbons (Fsp3) is 0.200. The van der Waals surface area contributed by atoms with Gasteiger partial charge in [-0.2, -0.15) is 0 Å². The van der Waals surface area contributed by atoms with Crippen molar-refractivity contribution in [3.05, 3.63) is 32.8 Å². The van der Waals surface area contributed by atoms with Crippen LogP contribution in [-0.2, 0) is 6.54 Å². The highest BCUT2D eigenvalue weighted by Crippen LogP contribution is 2.22. The molecule has 4 nitrogen and oxygen atoms in total. The monoisotopic (exact) mass is 298 g/mol. The molecule has 2 heterocycles. The Labute approximate surface area is 106 Å². The summed E-state index contributed by atoms with van der Waals surface area (Å²) in [6.45, 7) is 2.71. The van der Waals surface area contributed by atoms with Gasteiger partial charge in [-0.25, -0.2) is 9.97 Å². The van der Waals surface area contributed by atoms with E-state index in [2.05, 4.69) is 31.2 Å². The molecule has 2 aromatic rings. The fourth-order valence-electron chi connectivity index (χ4n) is 1.23. The first-order chi connectivity index (χ1) is 7.65. The number of hydrogen-bond donors (Lipinski definition) is 2. The summed E-state index contributed by atoms with van der Waals surface area (Å²) in [4.78, 5) is 9.67. The van der Waals surface area contributed by atoms with Crippen LogP contribution in [-0.4, -0.2) is 9.97 Å². The quantitative estimate of drug-likeness (QED) is 0.914. The zero-order valence-corrected chi connectivity index (χ0v) is 11.1. The highest BCUT2D eigenvalue weighted by atomic mass is 79.9. The highest BCUT2D eigenvalue weighted by Gasteiger charge is 2.03. The van der Waals surface area contributed by atoms with Crippen molar-refractivity contribution in [3.63, 3.8) is 0 Å². The topological polar surface area (TPSA) is 63.8 Å². The summed E-state index contributed by atoms with van der Waals surface area (Å²) < 4.78 is 0.862. The summed E-state index contributed by atoms with van der Waals surface area (Å²) in [6, 6.07) is 1.82. The third-order valence-electron chi connectivity index (χ3n) is 1.94. The molecule has 6 heteroatoms. The molecule has 0 fully saturated rings. The van der Waals surface area contributed by atoms with Crippen molar-refractivity contribution in [3.8, 4) is 0 Å². The van der Waals surface area contributed by atoms with Crippen molar-refractivity contribution >= 4 is 38.8 Å². The number of rotatable bonds is 3. The summed E-state index contributed by atoms with van der Waals surface area (Å²) in [5.74, 6) is 0.780. The van der Waals surface area contributed by atoms with Gasteiger partial charge in [-0.3, -0.25) is 0 Å². The normalized spacial score (nSPS) is 10.4. The van der Waals surface area contributed by atoms with Crippen molar-refractivity contribution in [2.24, 2.45) is 0 Å². The lowest BCUT2D eigenvalue weighted by Crippen LogP contribution is -2.02. The Morgan fingerprint density at radius 3 is 2.88 bits per heavy atom. The Bertz CT molecular complexity index is 497. The average molecular weight is 299 g/mol. The second kappa shape index (κ2) is 4.80. The molecule has 0 atom stereocenters. The first-order valence-electron chi connectivity index (χ1n) is 4.71. The number of pyridine rings is 1. The zero-order valence-electron chi connectivity index (χ0n) is 8.70. The van der Waals surface area contributed by atoms with Gasteiger partial charge in [0.2, 0.25) is 0 Å². The van der Waals surface area contributed by atoms with E-state index in [0.717, 1.165) is 15.3 Å². The minimum atomic E-state index is 0.641. The van der Waals surface area contributed by atoms with E-state index < -0.39 is 0 Å². The second-order valence-corrected chi connectivity index (χ2v) is 5.49. The van der Waals surface area contributed by atoms with Crippen molar-refractivity contribution in [1.29, 1.82) is 0 Å². The van der Waals surface area contributed by atoms with Gasteiger partial charge in [-0.15, -0.1) is 11.3 Å². The predicted molar refractivity (Wildman–Crippen MR) is 70.5 cm³/mol. The van der Waals surface area contributed by atoms with Crippen LogP contribution in [0.15, 0.2) is 22.9 Å². The van der Waals surface area contributed by atoms with Crippen molar-refractivity contribution < 1.29 is 0 Å². The highest BCUT2D eigenvalue weighted by molar-refractivity contribution is 9.10. The van der Waals surface area contributed by atoms with Crippen LogP contribution in [0.4, 0.5) is 11.5 Å². The van der Waals surface area contributed by atoms with E-state index >= 15 is 0 Å². The molecule has 0 radical (unpaired) electrons. The van der Waals surface area contributed by atoms with Gasteiger partial charge in [0, 0.05) is 11.1 Å². The number of nitrogen functional groups attached to an aromatic ring is 1. The van der Waals surface area contributed by atoms with E-state index in [0.29, 0.717) is 12.2 Å². The number of hydrogen-bond acceptors (Lipinski definition) is 5. The maximum Gasteiger partial charge on any atom is 0.140 e. The summed E-state index contributed by atoms with van der Waals surface area (Å²) in [5, 5.41) is 4.25. The Kier molecular flexibility index (Phi) is 3.40. The lowest BCUT2D eigenvalue weighted by atomic mass is 10.4. The molecule has 0 spiro atoms. The van der Waals surface area contributed by atoms with Gasteiger partial charge in [0.1, 0.15) is 10.8 Å². The molecule has 0 aliphatic heterocycles. The number of aryl methyl sites for hydroxylation is 1. The van der Waals surface area contributed by atoms with Crippen molar-refractivity contribution in [1.82, 2.24) is 9.97 Å². The van der Waals surface area contributed by atoms with E-state index in [4.69, 9.17) is 5.73 Å². The molecule has 0 bridgehead atoms. The van der Waals surface area contributed by atoms with Gasteiger partial charge in [0.15, 0.2) is 0 Å². The summed E-state index contributed by atoms with van der Waals surface area (Å²) in [5.41, 5.74) is 6.25. The van der Waals surface area contributed by atoms with Gasteiger partial charge >= 0.3 is 0 Å². The maximum atomic E-state index is 5.61. The van der Waals surface area contributed by atoms with Gasteiger partial charge in [0.05, 0.1) is 22.9 Å². The SMILES string of the molecule is Cc1cnc(CNc2ncc(N)cc2Br)s1. The van der Waals surface area contributed by atoms with Gasteiger partial charge in [0.25, 0.3) is 0 Å². The van der Waals surface area contributed by atoms with Crippen LogP contribution in [0, 0.1) is 6.92 Å². The summed E-state index contributed by atoms with van der Waals surface area (Å²) >= 11 is 5.08. The molecule has 2 aromatic heterocycles. The van der Waals surface area contributed by atoms with E-state index in [1.807, 2.05) is 19.2 Å². The van der Waals surface area contributed by atoms with E-state index in [1.54, 1.807) is 17.5 Å². The molecular formula is C10H11BrN4S. The first kappa shape index (κ1) is 11.3. The Morgan fingerprint density at radius 2 is 2.25 bits per heavy atom. The number of nitrogens with one attached hydrogen (secondary N) is 1. The smallest absolute Gasteiger partial charge is 0.140 e. The van der Waals surface area contributed by atoms with Crippen LogP contribution in [0.25, 0.3) is 0 Å². The van der Waals surface area contributed by atoms with Crippen LogP contribution in [0.3, 0.4) is 0 Å². The first-order valence-corrected chi connectivity index (χ1v) is 6.32. The molecule has 2 rings (SSSR count). The fourth-order valence-corrected chi connectivity index (χ4v) is 2.46. The molecule has 0 aliphatic rings. The average Bonchev–Trinajstić information content (AvgIpc) is 2.63. The second-order valence-electron chi connectivity index (χ2n) is 3.32. The van der Waals surface area contributed by atoms with Crippen LogP contribution in [0.2, 0.25) is 0 Å². The third-order valence-corrected chi connectivity index (χ3v) is 3.46. The molecule has 0 saturated heterocycles. The number of thiazole rings is 1. The zero-order chi connectivity index (χ0) is 11.5. The number of halogens is 1. The van der Waals surface area contributed by atoms with E-state index in [-0.39, 0.29) is 0 Å². The summed E-state index contributed by atoms with van der Waals surface area (Å²) in [6.07, 6.45) is 3.49. The van der Waals surface area contributed by atoms with Gasteiger partial charge in [-0.1, -0.05) is 0 Å². The Balaban J connectivity index is 2.04. The Hall–Kier alpha value is -1.14. The van der Waals surface area contributed by atoms with E-state index in [1.165, 1.54) is 4.88 Å². The number of nitrogens with zero attached hydrogens (tertiary/aromatic N) is 2. The minimum absolute atomic E-state index is 0.641. The molecular weight excluding hydrogens is 288 g/mol. The number of aromatic nitrogens is 2. The van der Waals surface area contributed by atoms with Crippen LogP contribution in [0.1, 0.15) is 9.88 Å². The molecule has 0 aliphatic carbocycles. The summed E-state index contributed by atoms with van der Waals surface area (Å²) in [7, 11) is 0. The molecule has 84 valence electrons. The van der Waals surface area contributed by atoms with E-state index in [9.17, 15) is 0 Å². The van der Waals surface area contributed by atoms with Crippen LogP contribution in [0.5, 0.6) is 0 Å². The number of nitrogens with two attached hydrogens (primary N) is 1. The van der Waals surface area contributed by atoms with Gasteiger partial charge in [-0.05, 0) is 28.9 Å². The van der Waals surface area contributed by atoms with Gasteiger partial charge < -0.3 is 11.1 Å². The molecule has 0 unspecified atom stereocenters. The molecule has 0 aromatic carbocycles. The lowest BCUT2D eigenvalue weighted by molar-refractivity contribution is 1.07. The van der Waals surface area contributed by atoms with Crippen LogP contribution >= 0.6 is 27.3 Å². The van der Waals surface area contributed by atoms with Crippen molar-refractivity contribution in [2.75, 3.05) is 11.1 Å². The number of anilines is 2.